The summed E-state index contributed by atoms with van der Waals surface area (Å²) in [5.41, 5.74) is -0.414. The van der Waals surface area contributed by atoms with E-state index >= 15 is 0 Å². The average Bonchev–Trinajstić information content (AvgIpc) is 2.08. The third kappa shape index (κ3) is 9.23. The predicted octanol–water partition coefficient (Wildman–Crippen LogP) is 1.56. The van der Waals surface area contributed by atoms with Crippen LogP contribution in [0.3, 0.4) is 0 Å². The van der Waals surface area contributed by atoms with Gasteiger partial charge >= 0.3 is 5.97 Å². The van der Waals surface area contributed by atoms with Crippen molar-refractivity contribution in [1.82, 2.24) is 4.90 Å². The van der Waals surface area contributed by atoms with Gasteiger partial charge in [0.1, 0.15) is 5.60 Å². The quantitative estimate of drug-likeness (QED) is 0.649. The molecule has 4 nitrogen and oxygen atoms in total. The number of hydrogen-bond acceptors (Lipinski definition) is 4. The zero-order chi connectivity index (χ0) is 11.9. The maximum Gasteiger partial charge on any atom is 0.307 e. The van der Waals surface area contributed by atoms with Gasteiger partial charge in [-0.15, -0.1) is 0 Å². The zero-order valence-corrected chi connectivity index (χ0v) is 10.0. The summed E-state index contributed by atoms with van der Waals surface area (Å²) in [6, 6.07) is 2.07. The van der Waals surface area contributed by atoms with Crippen molar-refractivity contribution in [2.45, 2.75) is 39.2 Å². The summed E-state index contributed by atoms with van der Waals surface area (Å²) in [5, 5.41) is 8.38. The highest BCUT2D eigenvalue weighted by atomic mass is 16.6. The van der Waals surface area contributed by atoms with Crippen molar-refractivity contribution >= 4 is 5.97 Å². The van der Waals surface area contributed by atoms with Crippen LogP contribution in [0.15, 0.2) is 0 Å². The Kier molecular flexibility index (Phi) is 5.95. The number of ether oxygens (including phenoxy) is 1. The lowest BCUT2D eigenvalue weighted by atomic mass is 10.2. The van der Waals surface area contributed by atoms with Crippen molar-refractivity contribution in [2.75, 3.05) is 20.1 Å². The fraction of sp³-hybridized carbons (Fsp3) is 0.818. The zero-order valence-electron chi connectivity index (χ0n) is 10.0. The van der Waals surface area contributed by atoms with E-state index in [4.69, 9.17) is 10.00 Å². The van der Waals surface area contributed by atoms with E-state index in [1.807, 2.05) is 32.7 Å². The van der Waals surface area contributed by atoms with Crippen LogP contribution in [0.2, 0.25) is 0 Å². The van der Waals surface area contributed by atoms with Crippen molar-refractivity contribution in [3.63, 3.8) is 0 Å². The molecule has 0 unspecified atom stereocenters. The second-order valence-electron chi connectivity index (χ2n) is 4.55. The molecule has 0 N–H and O–H groups in total. The summed E-state index contributed by atoms with van der Waals surface area (Å²) in [5.74, 6) is -0.189. The van der Waals surface area contributed by atoms with Crippen LogP contribution in [0.4, 0.5) is 0 Å². The van der Waals surface area contributed by atoms with Gasteiger partial charge in [0.25, 0.3) is 0 Å². The van der Waals surface area contributed by atoms with Crippen molar-refractivity contribution < 1.29 is 9.53 Å². The molecule has 0 atom stereocenters. The number of esters is 1. The van der Waals surface area contributed by atoms with Gasteiger partial charge in [-0.2, -0.15) is 5.26 Å². The molecule has 0 aliphatic heterocycles. The summed E-state index contributed by atoms with van der Waals surface area (Å²) < 4.78 is 5.16. The van der Waals surface area contributed by atoms with E-state index in [1.165, 1.54) is 0 Å². The molecular weight excluding hydrogens is 192 g/mol. The Bertz CT molecular complexity index is 238. The Morgan fingerprint density at radius 1 is 1.40 bits per heavy atom. The summed E-state index contributed by atoms with van der Waals surface area (Å²) in [7, 11) is 1.89. The molecule has 0 spiro atoms. The Hall–Kier alpha value is -1.08. The maximum absolute atomic E-state index is 11.3. The normalized spacial score (nSPS) is 11.2. The van der Waals surface area contributed by atoms with E-state index in [9.17, 15) is 4.79 Å². The fourth-order valence-electron chi connectivity index (χ4n) is 1.03. The topological polar surface area (TPSA) is 53.3 Å². The Morgan fingerprint density at radius 3 is 2.47 bits per heavy atom. The van der Waals surface area contributed by atoms with Crippen LogP contribution in [0, 0.1) is 11.3 Å². The van der Waals surface area contributed by atoms with Gasteiger partial charge in [0.05, 0.1) is 12.5 Å². The van der Waals surface area contributed by atoms with Gasteiger partial charge in [0, 0.05) is 19.5 Å². The minimum atomic E-state index is -0.414. The molecule has 0 saturated heterocycles. The first kappa shape index (κ1) is 13.9. The van der Waals surface area contributed by atoms with Crippen molar-refractivity contribution in [1.29, 1.82) is 5.26 Å². The minimum absolute atomic E-state index is 0.189. The van der Waals surface area contributed by atoms with Crippen LogP contribution >= 0.6 is 0 Å². The molecule has 0 bridgehead atoms. The third-order valence-corrected chi connectivity index (χ3v) is 1.72. The number of hydrogen-bond donors (Lipinski definition) is 0. The van der Waals surface area contributed by atoms with E-state index in [2.05, 4.69) is 6.07 Å². The molecule has 86 valence electrons. The molecule has 0 amide bonds. The first-order valence-electron chi connectivity index (χ1n) is 5.12. The summed E-state index contributed by atoms with van der Waals surface area (Å²) in [6.45, 7) is 6.88. The molecule has 0 heterocycles. The van der Waals surface area contributed by atoms with Crippen molar-refractivity contribution in [3.05, 3.63) is 0 Å². The highest BCUT2D eigenvalue weighted by molar-refractivity contribution is 5.70. The lowest BCUT2D eigenvalue weighted by molar-refractivity contribution is -0.155. The van der Waals surface area contributed by atoms with E-state index < -0.39 is 5.60 Å². The van der Waals surface area contributed by atoms with E-state index in [0.717, 1.165) is 0 Å². The number of carbonyl (C=O) groups is 1. The van der Waals surface area contributed by atoms with Gasteiger partial charge < -0.3 is 9.64 Å². The van der Waals surface area contributed by atoms with Gasteiger partial charge in [0.2, 0.25) is 0 Å². The monoisotopic (exact) mass is 212 g/mol. The molecule has 4 heteroatoms. The molecule has 0 aliphatic rings. The molecule has 0 saturated carbocycles. The molecule has 0 radical (unpaired) electrons. The van der Waals surface area contributed by atoms with Crippen LogP contribution in [0.1, 0.15) is 33.6 Å². The average molecular weight is 212 g/mol. The fourth-order valence-corrected chi connectivity index (χ4v) is 1.03. The number of rotatable bonds is 5. The Labute approximate surface area is 91.8 Å². The standard InChI is InChI=1S/C11H20N2O2/c1-11(2,3)15-10(14)6-9-13(4)8-5-7-12/h5-6,8-9H2,1-4H3. The summed E-state index contributed by atoms with van der Waals surface area (Å²) in [6.07, 6.45) is 0.865. The number of nitriles is 1. The van der Waals surface area contributed by atoms with Gasteiger partial charge in [-0.05, 0) is 27.8 Å². The highest BCUT2D eigenvalue weighted by Crippen LogP contribution is 2.08. The SMILES string of the molecule is CN(CCC#N)CCC(=O)OC(C)(C)C. The van der Waals surface area contributed by atoms with Gasteiger partial charge in [-0.25, -0.2) is 0 Å². The first-order chi connectivity index (χ1) is 6.85. The van der Waals surface area contributed by atoms with Gasteiger partial charge in [-0.1, -0.05) is 0 Å². The van der Waals surface area contributed by atoms with E-state index in [1.54, 1.807) is 0 Å². The largest absolute Gasteiger partial charge is 0.460 e. The second kappa shape index (κ2) is 6.41. The van der Waals surface area contributed by atoms with Crippen molar-refractivity contribution in [3.8, 4) is 6.07 Å². The molecule has 0 aromatic heterocycles. The number of carbonyl (C=O) groups excluding carboxylic acids is 1. The van der Waals surface area contributed by atoms with Crippen molar-refractivity contribution in [2.24, 2.45) is 0 Å². The molecule has 15 heavy (non-hydrogen) atoms. The number of nitrogens with zero attached hydrogens (tertiary/aromatic N) is 2. The molecule has 0 fully saturated rings. The van der Waals surface area contributed by atoms with Crippen LogP contribution < -0.4 is 0 Å². The molecular formula is C11H20N2O2. The van der Waals surface area contributed by atoms with Gasteiger partial charge in [0.15, 0.2) is 0 Å². The molecule has 0 rings (SSSR count). The summed E-state index contributed by atoms with van der Waals surface area (Å²) in [4.78, 5) is 13.3. The predicted molar refractivity (Wildman–Crippen MR) is 58.2 cm³/mol. The van der Waals surface area contributed by atoms with E-state index in [0.29, 0.717) is 25.9 Å². The first-order valence-corrected chi connectivity index (χ1v) is 5.12. The van der Waals surface area contributed by atoms with Crippen LogP contribution in [0.25, 0.3) is 0 Å². The minimum Gasteiger partial charge on any atom is -0.460 e. The highest BCUT2D eigenvalue weighted by Gasteiger charge is 2.16. The Balaban J connectivity index is 3.68. The molecule has 0 aromatic carbocycles. The van der Waals surface area contributed by atoms with Crippen LogP contribution in [-0.2, 0) is 9.53 Å². The molecule has 0 aliphatic carbocycles. The van der Waals surface area contributed by atoms with E-state index in [-0.39, 0.29) is 5.97 Å². The molecule has 0 aromatic rings. The van der Waals surface area contributed by atoms with Crippen LogP contribution in [-0.4, -0.2) is 36.6 Å². The maximum atomic E-state index is 11.3. The third-order valence-electron chi connectivity index (χ3n) is 1.72. The lowest BCUT2D eigenvalue weighted by Crippen LogP contribution is -2.28. The summed E-state index contributed by atoms with van der Waals surface area (Å²) >= 11 is 0. The Morgan fingerprint density at radius 2 is 2.00 bits per heavy atom. The van der Waals surface area contributed by atoms with Crippen LogP contribution in [0.5, 0.6) is 0 Å². The smallest absolute Gasteiger partial charge is 0.307 e. The second-order valence-corrected chi connectivity index (χ2v) is 4.55. The lowest BCUT2D eigenvalue weighted by Gasteiger charge is -2.20. The van der Waals surface area contributed by atoms with Gasteiger partial charge in [-0.3, -0.25) is 4.79 Å².